The van der Waals surface area contributed by atoms with E-state index in [1.165, 1.54) is 11.8 Å². The summed E-state index contributed by atoms with van der Waals surface area (Å²) < 4.78 is 5.39. The van der Waals surface area contributed by atoms with Gasteiger partial charge in [0, 0.05) is 10.5 Å². The average Bonchev–Trinajstić information content (AvgIpc) is 2.60. The number of carbonyl (C=O) groups is 2. The molecular weight excluding hydrogens is 332 g/mol. The number of benzene rings is 2. The molecule has 1 atom stereocenters. The lowest BCUT2D eigenvalue weighted by Gasteiger charge is -2.19. The molecule has 0 radical (unpaired) electrons. The molecule has 2 aromatic carbocycles. The Morgan fingerprint density at radius 1 is 1.00 bits per heavy atom. The van der Waals surface area contributed by atoms with Crippen molar-refractivity contribution in [3.63, 3.8) is 0 Å². The largest absolute Gasteiger partial charge is 0.451 e. The van der Waals surface area contributed by atoms with Gasteiger partial charge in [-0.1, -0.05) is 57.2 Å². The first kappa shape index (κ1) is 19.3. The van der Waals surface area contributed by atoms with Crippen molar-refractivity contribution in [1.29, 1.82) is 0 Å². The Labute approximate surface area is 153 Å². The van der Waals surface area contributed by atoms with E-state index in [0.29, 0.717) is 11.1 Å². The molecule has 0 aliphatic carbocycles. The van der Waals surface area contributed by atoms with E-state index in [4.69, 9.17) is 4.74 Å². The Bertz CT molecular complexity index is 757. The SMILES string of the molecule is CSc1ccccc1C(=O)OC(C)C(=O)c1ccc(C(C)(C)C)cc1. The maximum Gasteiger partial charge on any atom is 0.339 e. The minimum Gasteiger partial charge on any atom is -0.451 e. The summed E-state index contributed by atoms with van der Waals surface area (Å²) in [6.07, 6.45) is 1.07. The quantitative estimate of drug-likeness (QED) is 0.423. The standard InChI is InChI=1S/C21H24O3S/c1-14(24-20(23)17-8-6-7-9-18(17)25-5)19(22)15-10-12-16(13-11-15)21(2,3)4/h6-14H,1-5H3. The molecule has 0 saturated carbocycles. The lowest BCUT2D eigenvalue weighted by Crippen LogP contribution is -2.25. The molecule has 0 aliphatic rings. The first-order valence-corrected chi connectivity index (χ1v) is 9.45. The predicted octanol–water partition coefficient (Wildman–Crippen LogP) is 5.13. The van der Waals surface area contributed by atoms with E-state index in [1.807, 2.05) is 30.5 Å². The highest BCUT2D eigenvalue weighted by Gasteiger charge is 2.22. The number of carbonyl (C=O) groups excluding carboxylic acids is 2. The van der Waals surface area contributed by atoms with E-state index in [0.717, 1.165) is 10.5 Å². The number of esters is 1. The minimum atomic E-state index is -0.831. The molecule has 1 unspecified atom stereocenters. The molecule has 132 valence electrons. The van der Waals surface area contributed by atoms with E-state index >= 15 is 0 Å². The Balaban J connectivity index is 2.11. The molecular formula is C21H24O3S. The van der Waals surface area contributed by atoms with Gasteiger partial charge in [-0.2, -0.15) is 0 Å². The number of rotatable bonds is 5. The van der Waals surface area contributed by atoms with Gasteiger partial charge in [-0.15, -0.1) is 11.8 Å². The van der Waals surface area contributed by atoms with Crippen molar-refractivity contribution in [1.82, 2.24) is 0 Å². The maximum atomic E-state index is 12.5. The maximum absolute atomic E-state index is 12.5. The second-order valence-electron chi connectivity index (χ2n) is 6.94. The van der Waals surface area contributed by atoms with E-state index < -0.39 is 12.1 Å². The lowest BCUT2D eigenvalue weighted by molar-refractivity contribution is 0.0315. The zero-order valence-electron chi connectivity index (χ0n) is 15.3. The molecule has 0 spiro atoms. The van der Waals surface area contributed by atoms with E-state index in [2.05, 4.69) is 20.8 Å². The smallest absolute Gasteiger partial charge is 0.339 e. The van der Waals surface area contributed by atoms with E-state index in [-0.39, 0.29) is 11.2 Å². The highest BCUT2D eigenvalue weighted by Crippen LogP contribution is 2.24. The van der Waals surface area contributed by atoms with Crippen molar-refractivity contribution < 1.29 is 14.3 Å². The van der Waals surface area contributed by atoms with Gasteiger partial charge in [0.25, 0.3) is 0 Å². The number of Topliss-reactive ketones (excluding diaryl/α,β-unsaturated/α-hetero) is 1. The van der Waals surface area contributed by atoms with Gasteiger partial charge in [0.15, 0.2) is 6.10 Å². The Kier molecular flexibility index (Phi) is 6.07. The van der Waals surface area contributed by atoms with Gasteiger partial charge in [0.1, 0.15) is 0 Å². The van der Waals surface area contributed by atoms with Crippen molar-refractivity contribution in [3.8, 4) is 0 Å². The van der Waals surface area contributed by atoms with Gasteiger partial charge in [-0.25, -0.2) is 4.79 Å². The normalized spacial score (nSPS) is 12.5. The molecule has 3 nitrogen and oxygen atoms in total. The fraction of sp³-hybridized carbons (Fsp3) is 0.333. The van der Waals surface area contributed by atoms with Crippen molar-refractivity contribution in [2.45, 2.75) is 44.1 Å². The second-order valence-corrected chi connectivity index (χ2v) is 7.79. The van der Waals surface area contributed by atoms with Crippen LogP contribution in [-0.2, 0) is 10.2 Å². The molecule has 0 aliphatic heterocycles. The summed E-state index contributed by atoms with van der Waals surface area (Å²) in [7, 11) is 0. The number of ketones is 1. The zero-order valence-corrected chi connectivity index (χ0v) is 16.1. The summed E-state index contributed by atoms with van der Waals surface area (Å²) in [6.45, 7) is 7.98. The van der Waals surface area contributed by atoms with Gasteiger partial charge in [0.2, 0.25) is 5.78 Å². The molecule has 0 aromatic heterocycles. The first-order chi connectivity index (χ1) is 11.7. The summed E-state index contributed by atoms with van der Waals surface area (Å²) in [5.41, 5.74) is 2.22. The Morgan fingerprint density at radius 2 is 1.60 bits per heavy atom. The summed E-state index contributed by atoms with van der Waals surface area (Å²) in [4.78, 5) is 25.7. The van der Waals surface area contributed by atoms with Crippen molar-refractivity contribution in [3.05, 3.63) is 65.2 Å². The Hall–Kier alpha value is -2.07. The topological polar surface area (TPSA) is 43.4 Å². The number of hydrogen-bond acceptors (Lipinski definition) is 4. The fourth-order valence-corrected chi connectivity index (χ4v) is 3.05. The summed E-state index contributed by atoms with van der Waals surface area (Å²) in [5, 5.41) is 0. The third kappa shape index (κ3) is 4.73. The van der Waals surface area contributed by atoms with Crippen LogP contribution in [0.2, 0.25) is 0 Å². The molecule has 0 N–H and O–H groups in total. The van der Waals surface area contributed by atoms with Crippen LogP contribution in [0.15, 0.2) is 53.4 Å². The highest BCUT2D eigenvalue weighted by molar-refractivity contribution is 7.98. The molecule has 4 heteroatoms. The van der Waals surface area contributed by atoms with Gasteiger partial charge in [-0.05, 0) is 36.3 Å². The second kappa shape index (κ2) is 7.87. The summed E-state index contributed by atoms with van der Waals surface area (Å²) in [5.74, 6) is -0.674. The summed E-state index contributed by atoms with van der Waals surface area (Å²) in [6, 6.07) is 14.7. The van der Waals surface area contributed by atoms with E-state index in [9.17, 15) is 9.59 Å². The number of hydrogen-bond donors (Lipinski definition) is 0. The first-order valence-electron chi connectivity index (χ1n) is 8.23. The zero-order chi connectivity index (χ0) is 18.6. The molecule has 0 fully saturated rings. The van der Waals surface area contributed by atoms with Gasteiger partial charge < -0.3 is 4.74 Å². The van der Waals surface area contributed by atoms with Crippen molar-refractivity contribution in [2.75, 3.05) is 6.26 Å². The number of ether oxygens (including phenoxy) is 1. The molecule has 0 bridgehead atoms. The van der Waals surface area contributed by atoms with E-state index in [1.54, 1.807) is 31.2 Å². The molecule has 0 heterocycles. The van der Waals surface area contributed by atoms with Crippen LogP contribution in [0, 0.1) is 0 Å². The van der Waals surface area contributed by atoms with Crippen LogP contribution in [0.25, 0.3) is 0 Å². The molecule has 2 rings (SSSR count). The monoisotopic (exact) mass is 356 g/mol. The van der Waals surface area contributed by atoms with Gasteiger partial charge in [-0.3, -0.25) is 4.79 Å². The van der Waals surface area contributed by atoms with Crippen LogP contribution in [0.4, 0.5) is 0 Å². The fourth-order valence-electron chi connectivity index (χ4n) is 2.46. The molecule has 0 saturated heterocycles. The predicted molar refractivity (Wildman–Crippen MR) is 103 cm³/mol. The van der Waals surface area contributed by atoms with Gasteiger partial charge >= 0.3 is 5.97 Å². The van der Waals surface area contributed by atoms with Crippen LogP contribution < -0.4 is 0 Å². The molecule has 0 amide bonds. The number of thioether (sulfide) groups is 1. The van der Waals surface area contributed by atoms with Crippen LogP contribution in [0.5, 0.6) is 0 Å². The highest BCUT2D eigenvalue weighted by atomic mass is 32.2. The minimum absolute atomic E-state index is 0.0290. The van der Waals surface area contributed by atoms with Crippen LogP contribution >= 0.6 is 11.8 Å². The molecule has 2 aromatic rings. The van der Waals surface area contributed by atoms with Crippen molar-refractivity contribution >= 4 is 23.5 Å². The average molecular weight is 356 g/mol. The van der Waals surface area contributed by atoms with Crippen LogP contribution in [0.1, 0.15) is 54.0 Å². The van der Waals surface area contributed by atoms with Gasteiger partial charge in [0.05, 0.1) is 5.56 Å². The molecule has 25 heavy (non-hydrogen) atoms. The lowest BCUT2D eigenvalue weighted by atomic mass is 9.86. The van der Waals surface area contributed by atoms with Crippen LogP contribution in [0.3, 0.4) is 0 Å². The Morgan fingerprint density at radius 3 is 2.16 bits per heavy atom. The van der Waals surface area contributed by atoms with Crippen molar-refractivity contribution in [2.24, 2.45) is 0 Å². The third-order valence-corrected chi connectivity index (χ3v) is 4.81. The van der Waals surface area contributed by atoms with Crippen LogP contribution in [-0.4, -0.2) is 24.1 Å². The summed E-state index contributed by atoms with van der Waals surface area (Å²) >= 11 is 1.47. The third-order valence-electron chi connectivity index (χ3n) is 4.02.